The highest BCUT2D eigenvalue weighted by molar-refractivity contribution is 5.87. The molecule has 9 heteroatoms. The van der Waals surface area contributed by atoms with Crippen molar-refractivity contribution in [2.45, 2.75) is 13.0 Å². The average Bonchev–Trinajstić information content (AvgIpc) is 2.83. The van der Waals surface area contributed by atoms with Crippen molar-refractivity contribution in [3.63, 3.8) is 0 Å². The first-order valence-electron chi connectivity index (χ1n) is 6.36. The minimum Gasteiger partial charge on any atom is -0.480 e. The third-order valence-electron chi connectivity index (χ3n) is 3.44. The van der Waals surface area contributed by atoms with Crippen LogP contribution in [0.1, 0.15) is 6.92 Å². The normalized spacial score (nSPS) is 17.8. The van der Waals surface area contributed by atoms with Crippen LogP contribution in [0.25, 0.3) is 0 Å². The first-order chi connectivity index (χ1) is 9.49. The molecule has 0 bridgehead atoms. The molecule has 1 aromatic heterocycles. The molecule has 1 aliphatic heterocycles. The van der Waals surface area contributed by atoms with E-state index < -0.39 is 12.0 Å². The standard InChI is InChI=1S/C11H18N6O3/c1-8(9(18)19)16-3-5-17(6-4-16)11(20)14-10-12-7-13-15(10)2/h7-8H,3-6H2,1-2H3,(H,18,19)(H,12,13,14,20). The van der Waals surface area contributed by atoms with Crippen LogP contribution in [0.2, 0.25) is 0 Å². The summed E-state index contributed by atoms with van der Waals surface area (Å²) in [4.78, 5) is 30.3. The highest BCUT2D eigenvalue weighted by atomic mass is 16.4. The van der Waals surface area contributed by atoms with Crippen molar-refractivity contribution in [3.8, 4) is 0 Å². The van der Waals surface area contributed by atoms with E-state index in [0.29, 0.717) is 32.1 Å². The number of aliphatic carboxylic acids is 1. The second-order valence-corrected chi connectivity index (χ2v) is 4.67. The molecule has 20 heavy (non-hydrogen) atoms. The van der Waals surface area contributed by atoms with E-state index in [4.69, 9.17) is 5.11 Å². The molecule has 1 aromatic rings. The lowest BCUT2D eigenvalue weighted by atomic mass is 10.2. The Kier molecular flexibility index (Phi) is 4.18. The van der Waals surface area contributed by atoms with E-state index in [0.717, 1.165) is 0 Å². The number of carbonyl (C=O) groups is 2. The molecule has 1 saturated heterocycles. The summed E-state index contributed by atoms with van der Waals surface area (Å²) in [5.74, 6) is -0.460. The van der Waals surface area contributed by atoms with Crippen LogP contribution in [-0.4, -0.2) is 73.9 Å². The molecule has 2 heterocycles. The number of urea groups is 1. The Morgan fingerprint density at radius 2 is 2.00 bits per heavy atom. The number of nitrogens with one attached hydrogen (secondary N) is 1. The molecule has 0 radical (unpaired) electrons. The maximum atomic E-state index is 12.0. The lowest BCUT2D eigenvalue weighted by Gasteiger charge is -2.36. The molecule has 0 spiro atoms. The highest BCUT2D eigenvalue weighted by Crippen LogP contribution is 2.08. The van der Waals surface area contributed by atoms with Crippen molar-refractivity contribution in [2.75, 3.05) is 31.5 Å². The number of aromatic nitrogens is 3. The van der Waals surface area contributed by atoms with E-state index in [9.17, 15) is 9.59 Å². The zero-order valence-electron chi connectivity index (χ0n) is 11.5. The topological polar surface area (TPSA) is 104 Å². The van der Waals surface area contributed by atoms with Crippen LogP contribution < -0.4 is 5.32 Å². The van der Waals surface area contributed by atoms with Crippen LogP contribution in [-0.2, 0) is 11.8 Å². The van der Waals surface area contributed by atoms with E-state index in [1.54, 1.807) is 18.9 Å². The summed E-state index contributed by atoms with van der Waals surface area (Å²) in [6, 6.07) is -0.775. The van der Waals surface area contributed by atoms with E-state index in [1.807, 2.05) is 4.90 Å². The van der Waals surface area contributed by atoms with Gasteiger partial charge in [-0.1, -0.05) is 0 Å². The molecule has 0 aliphatic carbocycles. The number of hydrogen-bond donors (Lipinski definition) is 2. The van der Waals surface area contributed by atoms with Gasteiger partial charge in [0.05, 0.1) is 0 Å². The SMILES string of the molecule is CC(C(=O)O)N1CCN(C(=O)Nc2ncnn2C)CC1. The maximum Gasteiger partial charge on any atom is 0.324 e. The number of anilines is 1. The number of piperazine rings is 1. The first-order valence-corrected chi connectivity index (χ1v) is 6.36. The van der Waals surface area contributed by atoms with Gasteiger partial charge >= 0.3 is 12.0 Å². The van der Waals surface area contributed by atoms with E-state index >= 15 is 0 Å². The largest absolute Gasteiger partial charge is 0.480 e. The Hall–Kier alpha value is -2.16. The minimum absolute atomic E-state index is 0.247. The Labute approximate surface area is 116 Å². The fraction of sp³-hybridized carbons (Fsp3) is 0.636. The van der Waals surface area contributed by atoms with Gasteiger partial charge in [0.25, 0.3) is 0 Å². The molecule has 2 rings (SSSR count). The minimum atomic E-state index is -0.845. The number of rotatable bonds is 3. The van der Waals surface area contributed by atoms with Gasteiger partial charge in [-0.25, -0.2) is 9.48 Å². The Morgan fingerprint density at radius 3 is 2.50 bits per heavy atom. The second-order valence-electron chi connectivity index (χ2n) is 4.67. The predicted molar refractivity (Wildman–Crippen MR) is 70.3 cm³/mol. The number of hydrogen-bond acceptors (Lipinski definition) is 5. The van der Waals surface area contributed by atoms with Gasteiger partial charge in [0, 0.05) is 33.2 Å². The van der Waals surface area contributed by atoms with Crippen LogP contribution in [0.3, 0.4) is 0 Å². The third kappa shape index (κ3) is 3.05. The highest BCUT2D eigenvalue weighted by Gasteiger charge is 2.27. The zero-order valence-corrected chi connectivity index (χ0v) is 11.5. The van der Waals surface area contributed by atoms with Crippen molar-refractivity contribution in [3.05, 3.63) is 6.33 Å². The van der Waals surface area contributed by atoms with Crippen molar-refractivity contribution in [1.82, 2.24) is 24.6 Å². The summed E-state index contributed by atoms with van der Waals surface area (Å²) in [6.07, 6.45) is 1.36. The molecule has 2 N–H and O–H groups in total. The quantitative estimate of drug-likeness (QED) is 0.770. The first kappa shape index (κ1) is 14.3. The van der Waals surface area contributed by atoms with Crippen molar-refractivity contribution >= 4 is 17.9 Å². The molecule has 0 aromatic carbocycles. The summed E-state index contributed by atoms with van der Waals surface area (Å²) in [6.45, 7) is 3.71. The number of carboxylic acid groups (broad SMARTS) is 1. The smallest absolute Gasteiger partial charge is 0.324 e. The number of carbonyl (C=O) groups excluding carboxylic acids is 1. The molecule has 0 saturated carbocycles. The fourth-order valence-electron chi connectivity index (χ4n) is 2.05. The van der Waals surface area contributed by atoms with E-state index in [-0.39, 0.29) is 6.03 Å². The third-order valence-corrected chi connectivity index (χ3v) is 3.44. The average molecular weight is 282 g/mol. The lowest BCUT2D eigenvalue weighted by molar-refractivity contribution is -0.143. The van der Waals surface area contributed by atoms with Gasteiger partial charge in [-0.15, -0.1) is 0 Å². The van der Waals surface area contributed by atoms with Crippen LogP contribution in [0.4, 0.5) is 10.7 Å². The molecule has 1 aliphatic rings. The monoisotopic (exact) mass is 282 g/mol. The summed E-state index contributed by atoms with van der Waals surface area (Å²) in [7, 11) is 1.69. The predicted octanol–water partition coefficient (Wildman–Crippen LogP) is -0.562. The van der Waals surface area contributed by atoms with Gasteiger partial charge in [-0.05, 0) is 6.92 Å². The number of aryl methyl sites for hydroxylation is 1. The fourth-order valence-corrected chi connectivity index (χ4v) is 2.05. The molecular weight excluding hydrogens is 264 g/mol. The number of nitrogens with zero attached hydrogens (tertiary/aromatic N) is 5. The number of amides is 2. The Balaban J connectivity index is 1.86. The van der Waals surface area contributed by atoms with Gasteiger partial charge in [0.15, 0.2) is 0 Å². The Morgan fingerprint density at radius 1 is 1.35 bits per heavy atom. The van der Waals surface area contributed by atoms with E-state index in [2.05, 4.69) is 15.4 Å². The van der Waals surface area contributed by atoms with E-state index in [1.165, 1.54) is 11.0 Å². The second kappa shape index (κ2) is 5.87. The van der Waals surface area contributed by atoms with Crippen LogP contribution in [0.15, 0.2) is 6.33 Å². The zero-order chi connectivity index (χ0) is 14.7. The molecule has 1 fully saturated rings. The molecule has 1 unspecified atom stereocenters. The van der Waals surface area contributed by atoms with Crippen LogP contribution in [0, 0.1) is 0 Å². The van der Waals surface area contributed by atoms with Gasteiger partial charge in [-0.2, -0.15) is 10.1 Å². The van der Waals surface area contributed by atoms with Gasteiger partial charge in [0.1, 0.15) is 12.4 Å². The lowest BCUT2D eigenvalue weighted by Crippen LogP contribution is -2.54. The summed E-state index contributed by atoms with van der Waals surface area (Å²) in [5, 5.41) is 15.5. The molecular formula is C11H18N6O3. The maximum absolute atomic E-state index is 12.0. The Bertz CT molecular complexity index is 494. The summed E-state index contributed by atoms with van der Waals surface area (Å²) in [5.41, 5.74) is 0. The van der Waals surface area contributed by atoms with Crippen LogP contribution in [0.5, 0.6) is 0 Å². The van der Waals surface area contributed by atoms with Crippen molar-refractivity contribution < 1.29 is 14.7 Å². The molecule has 110 valence electrons. The molecule has 1 atom stereocenters. The van der Waals surface area contributed by atoms with Gasteiger partial charge < -0.3 is 10.0 Å². The molecule has 2 amide bonds. The van der Waals surface area contributed by atoms with Crippen molar-refractivity contribution in [1.29, 1.82) is 0 Å². The molecule has 9 nitrogen and oxygen atoms in total. The summed E-state index contributed by atoms with van der Waals surface area (Å²) >= 11 is 0. The van der Waals surface area contributed by atoms with Crippen LogP contribution >= 0.6 is 0 Å². The summed E-state index contributed by atoms with van der Waals surface area (Å²) < 4.78 is 1.47. The number of carboxylic acids is 1. The van der Waals surface area contributed by atoms with Gasteiger partial charge in [0.2, 0.25) is 5.95 Å². The van der Waals surface area contributed by atoms with Gasteiger partial charge in [-0.3, -0.25) is 15.0 Å². The van der Waals surface area contributed by atoms with Crippen molar-refractivity contribution in [2.24, 2.45) is 7.05 Å².